The lowest BCUT2D eigenvalue weighted by Gasteiger charge is -2.04. The average molecular weight is 327 g/mol. The van der Waals surface area contributed by atoms with Crippen LogP contribution in [0.25, 0.3) is 21.3 Å². The molecule has 0 saturated heterocycles. The molecule has 0 saturated carbocycles. The highest BCUT2D eigenvalue weighted by Crippen LogP contribution is 2.32. The van der Waals surface area contributed by atoms with E-state index in [0.717, 1.165) is 21.7 Å². The van der Waals surface area contributed by atoms with Gasteiger partial charge in [-0.05, 0) is 17.7 Å². The highest BCUT2D eigenvalue weighted by atomic mass is 32.1. The molecule has 5 nitrogen and oxygen atoms in total. The number of nitrogens with one attached hydrogen (secondary N) is 2. The van der Waals surface area contributed by atoms with E-state index in [2.05, 4.69) is 21.9 Å². The maximum Gasteiger partial charge on any atom is 0.260 e. The van der Waals surface area contributed by atoms with Gasteiger partial charge >= 0.3 is 0 Å². The number of methoxy groups -OCH3 is 1. The minimum atomic E-state index is -0.121. The lowest BCUT2D eigenvalue weighted by molar-refractivity contribution is 0.415. The minimum Gasteiger partial charge on any atom is -0.497 e. The van der Waals surface area contributed by atoms with Gasteiger partial charge in [0.05, 0.1) is 19.0 Å². The number of rotatable bonds is 6. The van der Waals surface area contributed by atoms with E-state index in [1.807, 2.05) is 29.6 Å². The van der Waals surface area contributed by atoms with E-state index < -0.39 is 0 Å². The fraction of sp³-hybridized carbons (Fsp3) is 0.176. The van der Waals surface area contributed by atoms with E-state index >= 15 is 0 Å². The van der Waals surface area contributed by atoms with Crippen LogP contribution in [0.4, 0.5) is 0 Å². The van der Waals surface area contributed by atoms with Crippen LogP contribution in [0.2, 0.25) is 0 Å². The Morgan fingerprint density at radius 3 is 3.13 bits per heavy atom. The number of H-pyrrole nitrogens is 1. The largest absolute Gasteiger partial charge is 0.497 e. The third-order valence-electron chi connectivity index (χ3n) is 3.45. The summed E-state index contributed by atoms with van der Waals surface area (Å²) in [7, 11) is 1.63. The van der Waals surface area contributed by atoms with E-state index in [9.17, 15) is 4.79 Å². The first kappa shape index (κ1) is 15.5. The molecule has 0 radical (unpaired) electrons. The fourth-order valence-corrected chi connectivity index (χ4v) is 3.34. The van der Waals surface area contributed by atoms with E-state index in [-0.39, 0.29) is 5.56 Å². The summed E-state index contributed by atoms with van der Waals surface area (Å²) in [6.45, 7) is 4.82. The van der Waals surface area contributed by atoms with Crippen LogP contribution in [0, 0.1) is 0 Å². The van der Waals surface area contributed by atoms with Crippen LogP contribution in [0.15, 0.2) is 47.1 Å². The molecule has 1 aromatic carbocycles. The Morgan fingerprint density at radius 2 is 2.35 bits per heavy atom. The number of hydrogen-bond donors (Lipinski definition) is 2. The molecule has 2 heterocycles. The van der Waals surface area contributed by atoms with Crippen molar-refractivity contribution in [1.29, 1.82) is 0 Å². The summed E-state index contributed by atoms with van der Waals surface area (Å²) in [5, 5.41) is 5.72. The first-order valence-electron chi connectivity index (χ1n) is 7.19. The Labute approximate surface area is 137 Å². The quantitative estimate of drug-likeness (QED) is 0.539. The number of fused-ring (bicyclic) bond motifs is 1. The van der Waals surface area contributed by atoms with Gasteiger partial charge in [0.15, 0.2) is 0 Å². The van der Waals surface area contributed by atoms with Gasteiger partial charge < -0.3 is 15.0 Å². The first-order chi connectivity index (χ1) is 11.2. The topological polar surface area (TPSA) is 67.0 Å². The van der Waals surface area contributed by atoms with Crippen LogP contribution < -0.4 is 15.6 Å². The fourth-order valence-electron chi connectivity index (χ4n) is 2.37. The summed E-state index contributed by atoms with van der Waals surface area (Å²) < 4.78 is 5.25. The van der Waals surface area contributed by atoms with Crippen LogP contribution >= 0.6 is 11.3 Å². The molecule has 118 valence electrons. The van der Waals surface area contributed by atoms with Gasteiger partial charge in [-0.1, -0.05) is 18.2 Å². The van der Waals surface area contributed by atoms with Crippen LogP contribution in [-0.4, -0.2) is 23.6 Å². The maximum absolute atomic E-state index is 12.5. The Bertz CT molecular complexity index is 898. The van der Waals surface area contributed by atoms with Crippen molar-refractivity contribution < 1.29 is 4.74 Å². The van der Waals surface area contributed by atoms with Crippen LogP contribution in [0.5, 0.6) is 5.75 Å². The second-order valence-electron chi connectivity index (χ2n) is 4.99. The zero-order chi connectivity index (χ0) is 16.2. The molecule has 2 aromatic heterocycles. The second-order valence-corrected chi connectivity index (χ2v) is 5.85. The molecule has 0 unspecified atom stereocenters. The van der Waals surface area contributed by atoms with Crippen LogP contribution in [0.3, 0.4) is 0 Å². The molecule has 2 N–H and O–H groups in total. The average Bonchev–Trinajstić information content (AvgIpc) is 3.00. The highest BCUT2D eigenvalue weighted by Gasteiger charge is 2.13. The molecule has 0 bridgehead atoms. The second kappa shape index (κ2) is 6.76. The lowest BCUT2D eigenvalue weighted by atomic mass is 10.1. The molecule has 6 heteroatoms. The third-order valence-corrected chi connectivity index (χ3v) is 4.33. The molecular formula is C17H17N3O2S. The number of benzene rings is 1. The van der Waals surface area contributed by atoms with Crippen LogP contribution in [-0.2, 0) is 6.54 Å². The number of aromatic nitrogens is 2. The molecule has 3 aromatic rings. The van der Waals surface area contributed by atoms with Crippen molar-refractivity contribution in [1.82, 2.24) is 15.3 Å². The summed E-state index contributed by atoms with van der Waals surface area (Å²) in [6.07, 6.45) is 1.77. The van der Waals surface area contributed by atoms with Crippen LogP contribution in [0.1, 0.15) is 5.82 Å². The number of aromatic amines is 1. The SMILES string of the molecule is C=CCNCc1nc2scc(-c3cccc(OC)c3)c2c(=O)[nH]1. The summed E-state index contributed by atoms with van der Waals surface area (Å²) in [5.41, 5.74) is 1.70. The predicted molar refractivity (Wildman–Crippen MR) is 94.1 cm³/mol. The van der Waals surface area contributed by atoms with Crippen molar-refractivity contribution in [2.75, 3.05) is 13.7 Å². The van der Waals surface area contributed by atoms with Crippen molar-refractivity contribution in [2.45, 2.75) is 6.54 Å². The van der Waals surface area contributed by atoms with Crippen molar-refractivity contribution in [3.05, 3.63) is 58.5 Å². The van der Waals surface area contributed by atoms with Gasteiger partial charge in [0, 0.05) is 17.5 Å². The monoisotopic (exact) mass is 327 g/mol. The highest BCUT2D eigenvalue weighted by molar-refractivity contribution is 7.17. The van der Waals surface area contributed by atoms with Gasteiger partial charge in [0.1, 0.15) is 16.4 Å². The summed E-state index contributed by atoms with van der Waals surface area (Å²) in [5.74, 6) is 1.39. The van der Waals surface area contributed by atoms with E-state index in [4.69, 9.17) is 4.74 Å². The Morgan fingerprint density at radius 1 is 1.48 bits per heavy atom. The van der Waals surface area contributed by atoms with E-state index in [1.165, 1.54) is 11.3 Å². The number of hydrogen-bond acceptors (Lipinski definition) is 5. The van der Waals surface area contributed by atoms with Gasteiger partial charge in [-0.2, -0.15) is 0 Å². The van der Waals surface area contributed by atoms with Crippen molar-refractivity contribution in [3.8, 4) is 16.9 Å². The normalized spacial score (nSPS) is 10.8. The molecule has 0 aliphatic heterocycles. The van der Waals surface area contributed by atoms with Gasteiger partial charge in [0.25, 0.3) is 5.56 Å². The summed E-state index contributed by atoms with van der Waals surface area (Å²) in [6, 6.07) is 7.67. The Hall–Kier alpha value is -2.44. The van der Waals surface area contributed by atoms with Crippen molar-refractivity contribution in [3.63, 3.8) is 0 Å². The molecule has 0 aliphatic carbocycles. The molecule has 0 spiro atoms. The van der Waals surface area contributed by atoms with Crippen molar-refractivity contribution in [2.24, 2.45) is 0 Å². The number of ether oxygens (including phenoxy) is 1. The van der Waals surface area contributed by atoms with Gasteiger partial charge in [0.2, 0.25) is 0 Å². The van der Waals surface area contributed by atoms with Crippen molar-refractivity contribution >= 4 is 21.6 Å². The Kier molecular flexibility index (Phi) is 4.55. The summed E-state index contributed by atoms with van der Waals surface area (Å²) >= 11 is 1.47. The van der Waals surface area contributed by atoms with E-state index in [0.29, 0.717) is 24.3 Å². The zero-order valence-electron chi connectivity index (χ0n) is 12.8. The standard InChI is InChI=1S/C17H17N3O2S/c1-3-7-18-9-14-19-16(21)15-13(10-23-17(15)20-14)11-5-4-6-12(8-11)22-2/h3-6,8,10,18H,1,7,9H2,2H3,(H,19,20,21). The van der Waals surface area contributed by atoms with E-state index in [1.54, 1.807) is 13.2 Å². The molecule has 0 atom stereocenters. The Balaban J connectivity index is 2.03. The van der Waals surface area contributed by atoms with Gasteiger partial charge in [-0.25, -0.2) is 4.98 Å². The smallest absolute Gasteiger partial charge is 0.260 e. The first-order valence-corrected chi connectivity index (χ1v) is 8.07. The maximum atomic E-state index is 12.5. The predicted octanol–water partition coefficient (Wildman–Crippen LogP) is 2.94. The minimum absolute atomic E-state index is 0.121. The number of nitrogens with zero attached hydrogens (tertiary/aromatic N) is 1. The summed E-state index contributed by atoms with van der Waals surface area (Å²) in [4.78, 5) is 20.6. The van der Waals surface area contributed by atoms with Gasteiger partial charge in [-0.15, -0.1) is 17.9 Å². The molecule has 0 aliphatic rings. The lowest BCUT2D eigenvalue weighted by Crippen LogP contribution is -2.19. The molecule has 0 amide bonds. The molecule has 0 fully saturated rings. The molecular weight excluding hydrogens is 310 g/mol. The van der Waals surface area contributed by atoms with Gasteiger partial charge in [-0.3, -0.25) is 4.79 Å². The molecule has 3 rings (SSSR count). The molecule has 23 heavy (non-hydrogen) atoms. The zero-order valence-corrected chi connectivity index (χ0v) is 13.6. The number of thiophene rings is 1. The third kappa shape index (κ3) is 3.18.